The van der Waals surface area contributed by atoms with Crippen LogP contribution in [-0.4, -0.2) is 39.1 Å². The number of anilines is 1. The molecule has 7 heteroatoms. The van der Waals surface area contributed by atoms with Gasteiger partial charge in [-0.15, -0.1) is 0 Å². The lowest BCUT2D eigenvalue weighted by Crippen LogP contribution is -2.30. The number of aromatic nitrogens is 2. The predicted octanol–water partition coefficient (Wildman–Crippen LogP) is 4.57. The maximum atomic E-state index is 11.6. The average molecular weight is 388 g/mol. The number of benzene rings is 2. The molecular weight excluding hydrogens is 370 g/mol. The smallest absolute Gasteiger partial charge is 0.326 e. The molecule has 0 unspecified atom stereocenters. The van der Waals surface area contributed by atoms with Gasteiger partial charge in [0, 0.05) is 16.0 Å². The molecule has 0 bridgehead atoms. The van der Waals surface area contributed by atoms with E-state index in [0.29, 0.717) is 23.1 Å². The number of aliphatic carboxylic acids is 1. The highest BCUT2D eigenvalue weighted by Gasteiger charge is 2.19. The van der Waals surface area contributed by atoms with Crippen LogP contribution in [0.25, 0.3) is 22.3 Å². The molecule has 3 rings (SSSR count). The molecule has 1 heterocycles. The van der Waals surface area contributed by atoms with Crippen molar-refractivity contribution in [1.82, 2.24) is 9.97 Å². The summed E-state index contributed by atoms with van der Waals surface area (Å²) in [6, 6.07) is 14.1. The van der Waals surface area contributed by atoms with Crippen LogP contribution in [0.15, 0.2) is 48.5 Å². The number of carboxylic acids is 1. The van der Waals surface area contributed by atoms with Crippen LogP contribution in [0.3, 0.4) is 0 Å². The Morgan fingerprint density at radius 1 is 1.19 bits per heavy atom. The summed E-state index contributed by atoms with van der Waals surface area (Å²) in [6.07, 6.45) is 2.46. The number of nitrogens with one attached hydrogen (secondary N) is 1. The number of carbonyl (C=O) groups is 1. The first kappa shape index (κ1) is 18.5. The summed E-state index contributed by atoms with van der Waals surface area (Å²) in [7, 11) is 0. The van der Waals surface area contributed by atoms with Crippen molar-refractivity contribution in [2.45, 2.75) is 12.5 Å². The lowest BCUT2D eigenvalue weighted by Gasteiger charge is -2.17. The van der Waals surface area contributed by atoms with Crippen LogP contribution in [-0.2, 0) is 4.79 Å². The van der Waals surface area contributed by atoms with Gasteiger partial charge in [-0.05, 0) is 54.8 Å². The summed E-state index contributed by atoms with van der Waals surface area (Å²) in [5.74, 6) is 0.900. The average Bonchev–Trinajstić information content (AvgIpc) is 2.65. The first-order chi connectivity index (χ1) is 12.6. The van der Waals surface area contributed by atoms with Crippen LogP contribution in [0.5, 0.6) is 0 Å². The van der Waals surface area contributed by atoms with Gasteiger partial charge in [0.25, 0.3) is 0 Å². The summed E-state index contributed by atoms with van der Waals surface area (Å²) in [4.78, 5) is 20.8. The van der Waals surface area contributed by atoms with E-state index in [-0.39, 0.29) is 0 Å². The number of rotatable bonds is 7. The fourth-order valence-corrected chi connectivity index (χ4v) is 3.17. The van der Waals surface area contributed by atoms with Crippen molar-refractivity contribution in [3.05, 3.63) is 53.6 Å². The third-order valence-electron chi connectivity index (χ3n) is 3.93. The van der Waals surface area contributed by atoms with Crippen molar-refractivity contribution < 1.29 is 9.90 Å². The molecule has 1 aromatic heterocycles. The molecule has 2 N–H and O–H groups in total. The van der Waals surface area contributed by atoms with E-state index in [0.717, 1.165) is 22.2 Å². The van der Waals surface area contributed by atoms with Gasteiger partial charge < -0.3 is 10.4 Å². The molecule has 0 aliphatic heterocycles. The molecule has 1 atom stereocenters. The second kappa shape index (κ2) is 8.38. The third-order valence-corrected chi connectivity index (χ3v) is 4.82. The van der Waals surface area contributed by atoms with Crippen molar-refractivity contribution in [1.29, 1.82) is 0 Å². The molecule has 0 saturated heterocycles. The molecule has 0 spiro atoms. The number of nitrogens with zero attached hydrogens (tertiary/aromatic N) is 2. The van der Waals surface area contributed by atoms with E-state index in [1.165, 1.54) is 0 Å². The number of hydrogen-bond donors (Lipinski definition) is 2. The van der Waals surface area contributed by atoms with E-state index in [1.54, 1.807) is 23.9 Å². The lowest BCUT2D eigenvalue weighted by atomic mass is 10.1. The van der Waals surface area contributed by atoms with E-state index in [9.17, 15) is 9.90 Å². The Kier molecular flexibility index (Phi) is 5.96. The summed E-state index contributed by atoms with van der Waals surface area (Å²) in [5, 5.41) is 14.0. The fraction of sp³-hybridized carbons (Fsp3) is 0.211. The second-order valence-corrected chi connectivity index (χ2v) is 7.16. The van der Waals surface area contributed by atoms with Crippen LogP contribution in [0.2, 0.25) is 5.02 Å². The zero-order chi connectivity index (χ0) is 18.5. The predicted molar refractivity (Wildman–Crippen MR) is 108 cm³/mol. The molecule has 0 radical (unpaired) electrons. The minimum absolute atomic E-state index is 0.505. The maximum Gasteiger partial charge on any atom is 0.326 e. The van der Waals surface area contributed by atoms with Crippen molar-refractivity contribution in [2.24, 2.45) is 0 Å². The largest absolute Gasteiger partial charge is 0.480 e. The van der Waals surface area contributed by atoms with E-state index in [1.807, 2.05) is 42.7 Å². The highest BCUT2D eigenvalue weighted by atomic mass is 35.5. The standard InChI is InChI=1S/C19H18ClN3O2S/c1-26-11-10-16(19(24)25)22-18-14-4-2-3-5-15(14)21-17(23-18)12-6-8-13(20)9-7-12/h2-9,16H,10-11H2,1H3,(H,24,25)(H,21,22,23)/t16-/m0/s1. The normalized spacial score (nSPS) is 12.1. The Hall–Kier alpha value is -2.31. The lowest BCUT2D eigenvalue weighted by molar-refractivity contribution is -0.137. The Labute approximate surface area is 160 Å². The molecule has 0 fully saturated rings. The second-order valence-electron chi connectivity index (χ2n) is 5.74. The minimum atomic E-state index is -0.894. The monoisotopic (exact) mass is 387 g/mol. The molecule has 0 aliphatic rings. The van der Waals surface area contributed by atoms with Crippen LogP contribution in [0.1, 0.15) is 6.42 Å². The highest BCUT2D eigenvalue weighted by Crippen LogP contribution is 2.26. The number of fused-ring (bicyclic) bond motifs is 1. The molecule has 5 nitrogen and oxygen atoms in total. The third kappa shape index (κ3) is 4.26. The van der Waals surface area contributed by atoms with Crippen LogP contribution in [0.4, 0.5) is 5.82 Å². The van der Waals surface area contributed by atoms with Crippen molar-refractivity contribution >= 4 is 46.1 Å². The van der Waals surface area contributed by atoms with Gasteiger partial charge in [0.15, 0.2) is 5.82 Å². The Morgan fingerprint density at radius 2 is 1.92 bits per heavy atom. The van der Waals surface area contributed by atoms with Gasteiger partial charge in [0.1, 0.15) is 11.9 Å². The quantitative estimate of drug-likeness (QED) is 0.618. The Morgan fingerprint density at radius 3 is 2.62 bits per heavy atom. The van der Waals surface area contributed by atoms with Crippen LogP contribution >= 0.6 is 23.4 Å². The number of para-hydroxylation sites is 1. The van der Waals surface area contributed by atoms with E-state index < -0.39 is 12.0 Å². The van der Waals surface area contributed by atoms with E-state index in [2.05, 4.69) is 15.3 Å². The molecule has 3 aromatic rings. The SMILES string of the molecule is CSCC[C@H](Nc1nc(-c2ccc(Cl)cc2)nc2ccccc12)C(=O)O. The topological polar surface area (TPSA) is 75.1 Å². The number of thioether (sulfide) groups is 1. The highest BCUT2D eigenvalue weighted by molar-refractivity contribution is 7.98. The molecule has 26 heavy (non-hydrogen) atoms. The number of hydrogen-bond acceptors (Lipinski definition) is 5. The first-order valence-corrected chi connectivity index (χ1v) is 9.86. The summed E-state index contributed by atoms with van der Waals surface area (Å²) in [5.41, 5.74) is 1.57. The molecule has 0 amide bonds. The molecule has 0 aliphatic carbocycles. The molecule has 2 aromatic carbocycles. The van der Waals surface area contributed by atoms with Gasteiger partial charge in [0.05, 0.1) is 5.52 Å². The van der Waals surface area contributed by atoms with Crippen LogP contribution in [0, 0.1) is 0 Å². The van der Waals surface area contributed by atoms with Crippen molar-refractivity contribution in [3.63, 3.8) is 0 Å². The summed E-state index contributed by atoms with van der Waals surface area (Å²) in [6.45, 7) is 0. The van der Waals surface area contributed by atoms with Crippen LogP contribution < -0.4 is 5.32 Å². The van der Waals surface area contributed by atoms with Gasteiger partial charge in [-0.3, -0.25) is 0 Å². The van der Waals surface area contributed by atoms with Gasteiger partial charge in [-0.25, -0.2) is 14.8 Å². The van der Waals surface area contributed by atoms with Crippen molar-refractivity contribution in [2.75, 3.05) is 17.3 Å². The number of carboxylic acid groups (broad SMARTS) is 1. The molecule has 134 valence electrons. The molecular formula is C19H18ClN3O2S. The van der Waals surface area contributed by atoms with Crippen molar-refractivity contribution in [3.8, 4) is 11.4 Å². The maximum absolute atomic E-state index is 11.6. The van der Waals surface area contributed by atoms with E-state index in [4.69, 9.17) is 11.6 Å². The van der Waals surface area contributed by atoms with E-state index >= 15 is 0 Å². The minimum Gasteiger partial charge on any atom is -0.480 e. The Bertz CT molecular complexity index is 918. The fourth-order valence-electron chi connectivity index (χ4n) is 2.57. The van der Waals surface area contributed by atoms with Gasteiger partial charge >= 0.3 is 5.97 Å². The van der Waals surface area contributed by atoms with Gasteiger partial charge in [0.2, 0.25) is 0 Å². The zero-order valence-corrected chi connectivity index (χ0v) is 15.7. The zero-order valence-electron chi connectivity index (χ0n) is 14.1. The Balaban J connectivity index is 2.04. The summed E-state index contributed by atoms with van der Waals surface area (Å²) < 4.78 is 0. The number of halogens is 1. The van der Waals surface area contributed by atoms with Gasteiger partial charge in [-0.2, -0.15) is 11.8 Å². The first-order valence-electron chi connectivity index (χ1n) is 8.09. The molecule has 0 saturated carbocycles. The van der Waals surface area contributed by atoms with Gasteiger partial charge in [-0.1, -0.05) is 23.7 Å². The summed E-state index contributed by atoms with van der Waals surface area (Å²) >= 11 is 7.57.